The maximum absolute atomic E-state index is 13.6. The van der Waals surface area contributed by atoms with E-state index in [-0.39, 0.29) is 23.1 Å². The summed E-state index contributed by atoms with van der Waals surface area (Å²) < 4.78 is 18.8. The highest BCUT2D eigenvalue weighted by molar-refractivity contribution is 6.34. The fourth-order valence-corrected chi connectivity index (χ4v) is 1.81. The standard InChI is InChI=1S/C13H7Cl2FN2O/c14-10-4-13(15)18-6-9(10)7-19-12-2-1-8(5-17)3-11(12)16/h1-4,6H,7H2. The summed E-state index contributed by atoms with van der Waals surface area (Å²) in [6.07, 6.45) is 1.46. The minimum atomic E-state index is -0.600. The molecule has 1 aromatic carbocycles. The third kappa shape index (κ3) is 3.34. The highest BCUT2D eigenvalue weighted by Gasteiger charge is 2.07. The second-order valence-corrected chi connectivity index (χ2v) is 4.44. The number of benzene rings is 1. The highest BCUT2D eigenvalue weighted by Crippen LogP contribution is 2.23. The smallest absolute Gasteiger partial charge is 0.166 e. The van der Waals surface area contributed by atoms with Crippen LogP contribution in [0.5, 0.6) is 5.75 Å². The predicted octanol–water partition coefficient (Wildman–Crippen LogP) is 3.98. The molecule has 1 heterocycles. The van der Waals surface area contributed by atoms with Crippen LogP contribution in [0, 0.1) is 17.1 Å². The second-order valence-electron chi connectivity index (χ2n) is 3.64. The number of halogens is 3. The first-order valence-corrected chi connectivity index (χ1v) is 5.98. The second kappa shape index (κ2) is 5.87. The lowest BCUT2D eigenvalue weighted by Gasteiger charge is -2.08. The van der Waals surface area contributed by atoms with Gasteiger partial charge in [0.25, 0.3) is 0 Å². The number of ether oxygens (including phenoxy) is 1. The lowest BCUT2D eigenvalue weighted by molar-refractivity contribution is 0.290. The fourth-order valence-electron chi connectivity index (χ4n) is 1.38. The van der Waals surface area contributed by atoms with Crippen LogP contribution < -0.4 is 4.74 Å². The van der Waals surface area contributed by atoms with Gasteiger partial charge in [0.1, 0.15) is 11.8 Å². The normalized spacial score (nSPS) is 10.0. The van der Waals surface area contributed by atoms with Crippen LogP contribution >= 0.6 is 23.2 Å². The minimum absolute atomic E-state index is 0.0463. The fraction of sp³-hybridized carbons (Fsp3) is 0.0769. The van der Waals surface area contributed by atoms with Crippen LogP contribution in [0.3, 0.4) is 0 Å². The Morgan fingerprint density at radius 1 is 1.32 bits per heavy atom. The number of hydrogen-bond acceptors (Lipinski definition) is 3. The Hall–Kier alpha value is -1.83. The van der Waals surface area contributed by atoms with Gasteiger partial charge in [0.05, 0.1) is 16.7 Å². The molecule has 0 amide bonds. The summed E-state index contributed by atoms with van der Waals surface area (Å²) in [5.74, 6) is -0.554. The molecule has 0 atom stereocenters. The molecule has 6 heteroatoms. The average Bonchev–Trinajstić information content (AvgIpc) is 2.39. The first-order valence-electron chi connectivity index (χ1n) is 5.22. The van der Waals surface area contributed by atoms with Crippen LogP contribution in [-0.2, 0) is 6.61 Å². The molecule has 0 saturated carbocycles. The molecule has 0 bridgehead atoms. The molecule has 0 radical (unpaired) electrons. The minimum Gasteiger partial charge on any atom is -0.486 e. The summed E-state index contributed by atoms with van der Waals surface area (Å²) in [6, 6.07) is 7.30. The van der Waals surface area contributed by atoms with E-state index in [0.29, 0.717) is 10.6 Å². The van der Waals surface area contributed by atoms with Crippen LogP contribution in [0.1, 0.15) is 11.1 Å². The molecule has 0 fully saturated rings. The number of pyridine rings is 1. The SMILES string of the molecule is N#Cc1ccc(OCc2cnc(Cl)cc2Cl)c(F)c1. The van der Waals surface area contributed by atoms with E-state index in [4.69, 9.17) is 33.2 Å². The van der Waals surface area contributed by atoms with Crippen molar-refractivity contribution in [1.82, 2.24) is 4.98 Å². The van der Waals surface area contributed by atoms with Crippen molar-refractivity contribution in [3.8, 4) is 11.8 Å². The molecule has 0 aliphatic heterocycles. The van der Waals surface area contributed by atoms with Gasteiger partial charge in [-0.3, -0.25) is 0 Å². The molecule has 2 rings (SSSR count). The van der Waals surface area contributed by atoms with Gasteiger partial charge in [-0.15, -0.1) is 0 Å². The third-order valence-corrected chi connectivity index (χ3v) is 2.90. The number of aromatic nitrogens is 1. The van der Waals surface area contributed by atoms with E-state index in [0.717, 1.165) is 6.07 Å². The molecule has 0 spiro atoms. The number of rotatable bonds is 3. The molecule has 2 aromatic rings. The van der Waals surface area contributed by atoms with E-state index < -0.39 is 5.82 Å². The van der Waals surface area contributed by atoms with E-state index in [9.17, 15) is 4.39 Å². The molecular formula is C13H7Cl2FN2O. The first kappa shape index (κ1) is 13.6. The van der Waals surface area contributed by atoms with Crippen LogP contribution in [0.25, 0.3) is 0 Å². The monoisotopic (exact) mass is 296 g/mol. The average molecular weight is 297 g/mol. The zero-order valence-corrected chi connectivity index (χ0v) is 11.0. The zero-order valence-electron chi connectivity index (χ0n) is 9.53. The van der Waals surface area contributed by atoms with Gasteiger partial charge in [-0.05, 0) is 24.3 Å². The summed E-state index contributed by atoms with van der Waals surface area (Å²) >= 11 is 11.6. The molecule has 19 heavy (non-hydrogen) atoms. The van der Waals surface area contributed by atoms with Crippen molar-refractivity contribution in [2.75, 3.05) is 0 Å². The molecule has 96 valence electrons. The Morgan fingerprint density at radius 2 is 2.11 bits per heavy atom. The summed E-state index contributed by atoms with van der Waals surface area (Å²) in [4.78, 5) is 3.87. The van der Waals surface area contributed by atoms with Crippen LogP contribution in [0.15, 0.2) is 30.5 Å². The third-order valence-electron chi connectivity index (χ3n) is 2.34. The lowest BCUT2D eigenvalue weighted by Crippen LogP contribution is -1.99. The molecule has 0 N–H and O–H groups in total. The van der Waals surface area contributed by atoms with E-state index in [1.807, 2.05) is 6.07 Å². The van der Waals surface area contributed by atoms with E-state index in [2.05, 4.69) is 4.98 Å². The van der Waals surface area contributed by atoms with Gasteiger partial charge in [-0.25, -0.2) is 9.37 Å². The molecule has 0 unspecified atom stereocenters. The first-order chi connectivity index (χ1) is 9.10. The van der Waals surface area contributed by atoms with Crippen molar-refractivity contribution >= 4 is 23.2 Å². The van der Waals surface area contributed by atoms with Gasteiger partial charge in [0, 0.05) is 11.8 Å². The molecule has 1 aromatic heterocycles. The Morgan fingerprint density at radius 3 is 2.74 bits per heavy atom. The van der Waals surface area contributed by atoms with E-state index in [1.165, 1.54) is 24.4 Å². The summed E-state index contributed by atoms with van der Waals surface area (Å²) in [5.41, 5.74) is 0.825. The van der Waals surface area contributed by atoms with Crippen molar-refractivity contribution in [1.29, 1.82) is 5.26 Å². The van der Waals surface area contributed by atoms with Crippen LogP contribution in [-0.4, -0.2) is 4.98 Å². The highest BCUT2D eigenvalue weighted by atomic mass is 35.5. The Labute approximate surface area is 119 Å². The van der Waals surface area contributed by atoms with Crippen molar-refractivity contribution in [2.45, 2.75) is 6.61 Å². The zero-order chi connectivity index (χ0) is 13.8. The summed E-state index contributed by atoms with van der Waals surface area (Å²) in [6.45, 7) is 0.0613. The quantitative estimate of drug-likeness (QED) is 0.805. The Bertz CT molecular complexity index is 656. The maximum atomic E-state index is 13.6. The largest absolute Gasteiger partial charge is 0.486 e. The van der Waals surface area contributed by atoms with Gasteiger partial charge >= 0.3 is 0 Å². The number of nitrogens with zero attached hydrogens (tertiary/aromatic N) is 2. The number of hydrogen-bond donors (Lipinski definition) is 0. The van der Waals surface area contributed by atoms with Crippen molar-refractivity contribution < 1.29 is 9.13 Å². The summed E-state index contributed by atoms with van der Waals surface area (Å²) in [7, 11) is 0. The molecule has 0 saturated heterocycles. The van der Waals surface area contributed by atoms with Crippen LogP contribution in [0.2, 0.25) is 10.2 Å². The van der Waals surface area contributed by atoms with Crippen LogP contribution in [0.4, 0.5) is 4.39 Å². The van der Waals surface area contributed by atoms with E-state index >= 15 is 0 Å². The number of nitriles is 1. The Kier molecular flexibility index (Phi) is 4.20. The molecule has 3 nitrogen and oxygen atoms in total. The predicted molar refractivity (Wildman–Crippen MR) is 69.7 cm³/mol. The van der Waals surface area contributed by atoms with Crippen molar-refractivity contribution in [3.63, 3.8) is 0 Å². The Balaban J connectivity index is 2.13. The topological polar surface area (TPSA) is 45.9 Å². The summed E-state index contributed by atoms with van der Waals surface area (Å²) in [5, 5.41) is 9.30. The van der Waals surface area contributed by atoms with Gasteiger partial charge in [0.15, 0.2) is 11.6 Å². The lowest BCUT2D eigenvalue weighted by atomic mass is 10.2. The van der Waals surface area contributed by atoms with Crippen molar-refractivity contribution in [2.24, 2.45) is 0 Å². The van der Waals surface area contributed by atoms with Gasteiger partial charge in [0.2, 0.25) is 0 Å². The van der Waals surface area contributed by atoms with Gasteiger partial charge < -0.3 is 4.74 Å². The van der Waals surface area contributed by atoms with Crippen molar-refractivity contribution in [3.05, 3.63) is 57.6 Å². The molecule has 0 aliphatic carbocycles. The molecular weight excluding hydrogens is 290 g/mol. The maximum Gasteiger partial charge on any atom is 0.166 e. The molecule has 0 aliphatic rings. The van der Waals surface area contributed by atoms with E-state index in [1.54, 1.807) is 0 Å². The van der Waals surface area contributed by atoms with Gasteiger partial charge in [-0.1, -0.05) is 23.2 Å². The van der Waals surface area contributed by atoms with Gasteiger partial charge in [-0.2, -0.15) is 5.26 Å².